The monoisotopic (exact) mass is 380 g/mol. The molecule has 1 amide bonds. The maximum Gasteiger partial charge on any atom is 0.227 e. The number of sulfone groups is 1. The van der Waals surface area contributed by atoms with Crippen molar-refractivity contribution in [1.29, 1.82) is 0 Å². The summed E-state index contributed by atoms with van der Waals surface area (Å²) in [4.78, 5) is 26.6. The fraction of sp³-hybridized carbons (Fsp3) is 0.688. The van der Waals surface area contributed by atoms with Gasteiger partial charge in [-0.1, -0.05) is 0 Å². The standard InChI is InChI=1S/C16H24N6O3S/c1-12(23)20-6-8-21(9-7-20)16-18-3-2-15(19-16)22-5-4-17-13-10-26(24,25)11-14(13)22/h2-3,13-14,17H,4-11H2,1H3/t13-,14+/m0/s1. The molecule has 2 atom stereocenters. The first kappa shape index (κ1) is 17.5. The van der Waals surface area contributed by atoms with E-state index in [1.807, 2.05) is 11.0 Å². The Morgan fingerprint density at radius 1 is 1.19 bits per heavy atom. The Bertz CT molecular complexity index is 793. The molecule has 26 heavy (non-hydrogen) atoms. The maximum atomic E-state index is 12.0. The first-order valence-electron chi connectivity index (χ1n) is 8.97. The molecule has 0 saturated carbocycles. The third kappa shape index (κ3) is 3.35. The van der Waals surface area contributed by atoms with Crippen LogP contribution in [0, 0.1) is 0 Å². The number of nitrogens with zero attached hydrogens (tertiary/aromatic N) is 5. The van der Waals surface area contributed by atoms with Gasteiger partial charge in [-0.05, 0) is 6.07 Å². The Morgan fingerprint density at radius 2 is 1.96 bits per heavy atom. The van der Waals surface area contributed by atoms with E-state index in [-0.39, 0.29) is 29.5 Å². The fourth-order valence-corrected chi connectivity index (χ4v) is 5.98. The van der Waals surface area contributed by atoms with Gasteiger partial charge in [-0.15, -0.1) is 0 Å². The molecule has 142 valence electrons. The van der Waals surface area contributed by atoms with Crippen molar-refractivity contribution in [3.05, 3.63) is 12.3 Å². The third-order valence-corrected chi connectivity index (χ3v) is 7.13. The molecular formula is C16H24N6O3S. The van der Waals surface area contributed by atoms with Crippen molar-refractivity contribution >= 4 is 27.5 Å². The van der Waals surface area contributed by atoms with Crippen LogP contribution >= 0.6 is 0 Å². The SMILES string of the molecule is CC(=O)N1CCN(c2nccc(N3CCN[C@H]4CS(=O)(=O)C[C@H]43)n2)CC1. The van der Waals surface area contributed by atoms with E-state index >= 15 is 0 Å². The number of nitrogens with one attached hydrogen (secondary N) is 1. The van der Waals surface area contributed by atoms with Gasteiger partial charge in [0.15, 0.2) is 9.84 Å². The number of hydrogen-bond acceptors (Lipinski definition) is 8. The van der Waals surface area contributed by atoms with Gasteiger partial charge in [0.1, 0.15) is 5.82 Å². The summed E-state index contributed by atoms with van der Waals surface area (Å²) >= 11 is 0. The van der Waals surface area contributed by atoms with Gasteiger partial charge in [-0.3, -0.25) is 4.79 Å². The zero-order chi connectivity index (χ0) is 18.3. The third-order valence-electron chi connectivity index (χ3n) is 5.41. The number of aromatic nitrogens is 2. The number of amides is 1. The average molecular weight is 380 g/mol. The van der Waals surface area contributed by atoms with Crippen molar-refractivity contribution in [3.63, 3.8) is 0 Å². The number of rotatable bonds is 2. The van der Waals surface area contributed by atoms with Crippen LogP contribution in [-0.2, 0) is 14.6 Å². The Kier molecular flexibility index (Phi) is 4.47. The van der Waals surface area contributed by atoms with Crippen LogP contribution in [0.15, 0.2) is 12.3 Å². The smallest absolute Gasteiger partial charge is 0.227 e. The highest BCUT2D eigenvalue weighted by atomic mass is 32.2. The summed E-state index contributed by atoms with van der Waals surface area (Å²) in [6.07, 6.45) is 1.73. The van der Waals surface area contributed by atoms with Gasteiger partial charge in [-0.2, -0.15) is 4.98 Å². The average Bonchev–Trinajstić information content (AvgIpc) is 2.95. The Balaban J connectivity index is 1.52. The number of fused-ring (bicyclic) bond motifs is 1. The number of carbonyl (C=O) groups excluding carboxylic acids is 1. The van der Waals surface area contributed by atoms with Gasteiger partial charge in [0.2, 0.25) is 11.9 Å². The normalized spacial score (nSPS) is 28.1. The molecular weight excluding hydrogens is 356 g/mol. The van der Waals surface area contributed by atoms with Crippen molar-refractivity contribution in [1.82, 2.24) is 20.2 Å². The molecule has 4 heterocycles. The fourth-order valence-electron chi connectivity index (χ4n) is 4.02. The second kappa shape index (κ2) is 6.66. The molecule has 1 aromatic rings. The Hall–Kier alpha value is -1.94. The first-order chi connectivity index (χ1) is 12.4. The largest absolute Gasteiger partial charge is 0.350 e. The van der Waals surface area contributed by atoms with Crippen LogP contribution in [0.5, 0.6) is 0 Å². The van der Waals surface area contributed by atoms with Crippen LogP contribution < -0.4 is 15.1 Å². The maximum absolute atomic E-state index is 12.0. The highest BCUT2D eigenvalue weighted by Crippen LogP contribution is 2.26. The summed E-state index contributed by atoms with van der Waals surface area (Å²) in [5.74, 6) is 1.87. The van der Waals surface area contributed by atoms with Crippen molar-refractivity contribution in [3.8, 4) is 0 Å². The number of piperazine rings is 2. The Morgan fingerprint density at radius 3 is 2.69 bits per heavy atom. The van der Waals surface area contributed by atoms with Gasteiger partial charge in [0.25, 0.3) is 0 Å². The van der Waals surface area contributed by atoms with Gasteiger partial charge >= 0.3 is 0 Å². The van der Waals surface area contributed by atoms with Gasteiger partial charge in [-0.25, -0.2) is 13.4 Å². The number of carbonyl (C=O) groups is 1. The molecule has 0 unspecified atom stereocenters. The van der Waals surface area contributed by atoms with Gasteiger partial charge in [0.05, 0.1) is 17.5 Å². The summed E-state index contributed by atoms with van der Waals surface area (Å²) < 4.78 is 24.1. The Labute approximate surface area is 153 Å². The molecule has 9 nitrogen and oxygen atoms in total. The van der Waals surface area contributed by atoms with Crippen LogP contribution in [0.2, 0.25) is 0 Å². The van der Waals surface area contributed by atoms with E-state index in [0.29, 0.717) is 32.1 Å². The van der Waals surface area contributed by atoms with Crippen molar-refractivity contribution < 1.29 is 13.2 Å². The minimum absolute atomic E-state index is 0.0359. The first-order valence-corrected chi connectivity index (χ1v) is 10.8. The molecule has 3 aliphatic heterocycles. The lowest BCUT2D eigenvalue weighted by atomic mass is 10.1. The van der Waals surface area contributed by atoms with Crippen LogP contribution in [0.4, 0.5) is 11.8 Å². The minimum Gasteiger partial charge on any atom is -0.350 e. The van der Waals surface area contributed by atoms with Crippen LogP contribution in [-0.4, -0.2) is 92.1 Å². The van der Waals surface area contributed by atoms with E-state index in [4.69, 9.17) is 4.98 Å². The van der Waals surface area contributed by atoms with Crippen LogP contribution in [0.25, 0.3) is 0 Å². The molecule has 0 spiro atoms. The second-order valence-corrected chi connectivity index (χ2v) is 9.26. The van der Waals surface area contributed by atoms with E-state index in [0.717, 1.165) is 18.9 Å². The molecule has 3 saturated heterocycles. The van der Waals surface area contributed by atoms with Crippen molar-refractivity contribution in [2.24, 2.45) is 0 Å². The highest BCUT2D eigenvalue weighted by molar-refractivity contribution is 7.91. The zero-order valence-corrected chi connectivity index (χ0v) is 15.7. The predicted molar refractivity (Wildman–Crippen MR) is 98.1 cm³/mol. The second-order valence-electron chi connectivity index (χ2n) is 7.11. The number of hydrogen-bond donors (Lipinski definition) is 1. The summed E-state index contributed by atoms with van der Waals surface area (Å²) in [5.41, 5.74) is 0. The quantitative estimate of drug-likeness (QED) is 0.678. The number of anilines is 2. The van der Waals surface area contributed by atoms with E-state index in [1.165, 1.54) is 0 Å². The van der Waals surface area contributed by atoms with E-state index in [2.05, 4.69) is 20.1 Å². The molecule has 0 aliphatic carbocycles. The lowest BCUT2D eigenvalue weighted by molar-refractivity contribution is -0.129. The highest BCUT2D eigenvalue weighted by Gasteiger charge is 2.43. The van der Waals surface area contributed by atoms with Gasteiger partial charge in [0, 0.05) is 58.4 Å². The molecule has 1 aromatic heterocycles. The minimum atomic E-state index is -3.01. The lowest BCUT2D eigenvalue weighted by Crippen LogP contribution is -2.57. The molecule has 4 rings (SSSR count). The molecule has 0 bridgehead atoms. The van der Waals surface area contributed by atoms with Gasteiger partial charge < -0.3 is 20.0 Å². The summed E-state index contributed by atoms with van der Waals surface area (Å²) in [6.45, 7) is 5.79. The summed E-state index contributed by atoms with van der Waals surface area (Å²) in [5, 5.41) is 3.32. The van der Waals surface area contributed by atoms with E-state index < -0.39 is 9.84 Å². The van der Waals surface area contributed by atoms with Crippen molar-refractivity contribution in [2.45, 2.75) is 19.0 Å². The van der Waals surface area contributed by atoms with Crippen LogP contribution in [0.3, 0.4) is 0 Å². The predicted octanol–water partition coefficient (Wildman–Crippen LogP) is -1.28. The van der Waals surface area contributed by atoms with Crippen LogP contribution in [0.1, 0.15) is 6.92 Å². The van der Waals surface area contributed by atoms with Crippen molar-refractivity contribution in [2.75, 3.05) is 60.6 Å². The van der Waals surface area contributed by atoms with E-state index in [9.17, 15) is 13.2 Å². The lowest BCUT2D eigenvalue weighted by Gasteiger charge is -2.39. The zero-order valence-electron chi connectivity index (χ0n) is 14.8. The molecule has 10 heteroatoms. The summed E-state index contributed by atoms with van der Waals surface area (Å²) in [7, 11) is -3.01. The molecule has 3 fully saturated rings. The molecule has 3 aliphatic rings. The van der Waals surface area contributed by atoms with E-state index in [1.54, 1.807) is 13.1 Å². The molecule has 0 aromatic carbocycles. The molecule has 0 radical (unpaired) electrons. The topological polar surface area (TPSA) is 98.7 Å². The molecule has 1 N–H and O–H groups in total. The summed E-state index contributed by atoms with van der Waals surface area (Å²) in [6, 6.07) is 1.74.